The molecule has 1 atom stereocenters. The molecule has 1 unspecified atom stereocenters. The van der Waals surface area contributed by atoms with Crippen molar-refractivity contribution in [1.82, 2.24) is 4.90 Å². The van der Waals surface area contributed by atoms with Gasteiger partial charge in [-0.3, -0.25) is 14.5 Å². The second-order valence-corrected chi connectivity index (χ2v) is 7.14. The Morgan fingerprint density at radius 1 is 0.967 bits per heavy atom. The zero-order valence-electron chi connectivity index (χ0n) is 16.3. The Kier molecular flexibility index (Phi) is 5.80. The number of hydrogen-bond donors (Lipinski definition) is 4. The molecule has 0 amide bonds. The highest BCUT2D eigenvalue weighted by molar-refractivity contribution is 5.80. The summed E-state index contributed by atoms with van der Waals surface area (Å²) < 4.78 is 5.29. The van der Waals surface area contributed by atoms with E-state index in [1.807, 2.05) is 30.3 Å². The van der Waals surface area contributed by atoms with Gasteiger partial charge in [0.05, 0.1) is 18.9 Å². The van der Waals surface area contributed by atoms with Gasteiger partial charge in [0.25, 0.3) is 10.9 Å². The third kappa shape index (κ3) is 3.93. The first-order valence-electron chi connectivity index (χ1n) is 9.76. The van der Waals surface area contributed by atoms with E-state index in [-0.39, 0.29) is 22.8 Å². The van der Waals surface area contributed by atoms with E-state index in [2.05, 4.69) is 10.6 Å². The topological polar surface area (TPSA) is 111 Å². The van der Waals surface area contributed by atoms with Gasteiger partial charge in [0.15, 0.2) is 0 Å². The standard InChI is InChI=1S/C22H23N3O5/c26-19-15(22(29)25-9-11-30-12-10-25)7-4-8-16(19)24-18-17(20(27)21(18)28)23-13-14-5-2-1-3-6-14/h1-8,22-24,26,29H,9-13H2. The van der Waals surface area contributed by atoms with Gasteiger partial charge in [-0.2, -0.15) is 0 Å². The Morgan fingerprint density at radius 2 is 1.67 bits per heavy atom. The van der Waals surface area contributed by atoms with Gasteiger partial charge in [0.1, 0.15) is 23.4 Å². The van der Waals surface area contributed by atoms with Crippen molar-refractivity contribution in [2.45, 2.75) is 12.8 Å². The number of phenolic OH excluding ortho intramolecular Hbond substituents is 1. The lowest BCUT2D eigenvalue weighted by molar-refractivity contribution is -0.0611. The van der Waals surface area contributed by atoms with Gasteiger partial charge in [-0.15, -0.1) is 0 Å². The number of hydrogen-bond acceptors (Lipinski definition) is 8. The van der Waals surface area contributed by atoms with Crippen molar-refractivity contribution in [2.75, 3.05) is 36.9 Å². The van der Waals surface area contributed by atoms with Crippen LogP contribution < -0.4 is 21.5 Å². The van der Waals surface area contributed by atoms with Crippen LogP contribution in [0.1, 0.15) is 17.4 Å². The van der Waals surface area contributed by atoms with Crippen molar-refractivity contribution in [3.8, 4) is 5.75 Å². The quantitative estimate of drug-likeness (QED) is 0.345. The van der Waals surface area contributed by atoms with Crippen LogP contribution in [0.3, 0.4) is 0 Å². The van der Waals surface area contributed by atoms with Crippen LogP contribution in [-0.4, -0.2) is 41.4 Å². The summed E-state index contributed by atoms with van der Waals surface area (Å²) in [4.78, 5) is 25.9. The van der Waals surface area contributed by atoms with E-state index in [9.17, 15) is 19.8 Å². The number of aliphatic hydroxyl groups excluding tert-OH is 1. The van der Waals surface area contributed by atoms with E-state index in [1.54, 1.807) is 23.1 Å². The Labute approximate surface area is 173 Å². The second kappa shape index (κ2) is 8.66. The number of benzene rings is 2. The second-order valence-electron chi connectivity index (χ2n) is 7.14. The highest BCUT2D eigenvalue weighted by Gasteiger charge is 2.26. The van der Waals surface area contributed by atoms with Gasteiger partial charge in [0, 0.05) is 25.2 Å². The largest absolute Gasteiger partial charge is 0.505 e. The summed E-state index contributed by atoms with van der Waals surface area (Å²) in [7, 11) is 0. The van der Waals surface area contributed by atoms with Crippen LogP contribution in [-0.2, 0) is 11.3 Å². The van der Waals surface area contributed by atoms with Crippen molar-refractivity contribution in [1.29, 1.82) is 0 Å². The zero-order valence-corrected chi connectivity index (χ0v) is 16.3. The molecule has 8 nitrogen and oxygen atoms in total. The maximum atomic E-state index is 12.1. The number of phenols is 1. The molecule has 30 heavy (non-hydrogen) atoms. The Balaban J connectivity index is 1.53. The number of aliphatic hydroxyl groups is 1. The number of para-hydroxylation sites is 1. The average molecular weight is 409 g/mol. The smallest absolute Gasteiger partial charge is 0.253 e. The molecule has 4 rings (SSSR count). The molecule has 1 heterocycles. The summed E-state index contributed by atoms with van der Waals surface area (Å²) in [6.45, 7) is 2.50. The minimum atomic E-state index is -1.00. The maximum Gasteiger partial charge on any atom is 0.253 e. The summed E-state index contributed by atoms with van der Waals surface area (Å²) >= 11 is 0. The number of aromatic hydroxyl groups is 1. The van der Waals surface area contributed by atoms with Crippen molar-refractivity contribution in [2.24, 2.45) is 0 Å². The Bertz CT molecular complexity index is 1090. The minimum absolute atomic E-state index is 0.101. The van der Waals surface area contributed by atoms with E-state index in [0.29, 0.717) is 38.4 Å². The van der Waals surface area contributed by atoms with Gasteiger partial charge in [-0.05, 0) is 11.6 Å². The molecule has 0 bridgehead atoms. The molecule has 156 valence electrons. The fourth-order valence-electron chi connectivity index (χ4n) is 3.49. The number of anilines is 3. The van der Waals surface area contributed by atoms with Crippen molar-refractivity contribution in [3.05, 3.63) is 80.1 Å². The molecule has 0 aliphatic carbocycles. The van der Waals surface area contributed by atoms with E-state index >= 15 is 0 Å². The van der Waals surface area contributed by atoms with Crippen molar-refractivity contribution in [3.63, 3.8) is 0 Å². The van der Waals surface area contributed by atoms with Crippen LogP contribution in [0.5, 0.6) is 5.75 Å². The summed E-state index contributed by atoms with van der Waals surface area (Å²) in [5.41, 5.74) is 0.567. The number of nitrogens with zero attached hydrogens (tertiary/aromatic N) is 1. The molecular weight excluding hydrogens is 386 g/mol. The van der Waals surface area contributed by atoms with Crippen LogP contribution in [0.25, 0.3) is 0 Å². The molecule has 1 fully saturated rings. The molecule has 4 N–H and O–H groups in total. The average Bonchev–Trinajstić information content (AvgIpc) is 2.80. The van der Waals surface area contributed by atoms with E-state index < -0.39 is 17.1 Å². The van der Waals surface area contributed by atoms with Crippen LogP contribution >= 0.6 is 0 Å². The number of rotatable bonds is 7. The van der Waals surface area contributed by atoms with Crippen molar-refractivity contribution >= 4 is 17.1 Å². The predicted octanol–water partition coefficient (Wildman–Crippen LogP) is 1.67. The molecule has 0 saturated carbocycles. The first-order chi connectivity index (χ1) is 14.6. The van der Waals surface area contributed by atoms with Gasteiger partial charge >= 0.3 is 0 Å². The van der Waals surface area contributed by atoms with Crippen LogP contribution in [0.4, 0.5) is 17.1 Å². The van der Waals surface area contributed by atoms with Crippen LogP contribution in [0, 0.1) is 0 Å². The first kappa shape index (κ1) is 20.1. The lowest BCUT2D eigenvalue weighted by atomic mass is 10.1. The summed E-state index contributed by atoms with van der Waals surface area (Å²) in [5, 5.41) is 27.2. The third-order valence-electron chi connectivity index (χ3n) is 5.22. The molecule has 8 heteroatoms. The van der Waals surface area contributed by atoms with E-state index in [1.165, 1.54) is 0 Å². The fourth-order valence-corrected chi connectivity index (χ4v) is 3.49. The molecule has 0 aromatic heterocycles. The summed E-state index contributed by atoms with van der Waals surface area (Å²) in [6, 6.07) is 14.4. The molecule has 0 spiro atoms. The molecule has 1 saturated heterocycles. The van der Waals surface area contributed by atoms with Crippen LogP contribution in [0.2, 0.25) is 0 Å². The monoisotopic (exact) mass is 409 g/mol. The fraction of sp³-hybridized carbons (Fsp3) is 0.273. The Hall–Kier alpha value is -3.20. The molecule has 3 aromatic carbocycles. The zero-order chi connectivity index (χ0) is 21.1. The Morgan fingerprint density at radius 3 is 2.40 bits per heavy atom. The van der Waals surface area contributed by atoms with Gasteiger partial charge in [0.2, 0.25) is 0 Å². The molecule has 0 radical (unpaired) electrons. The molecule has 3 aromatic rings. The highest BCUT2D eigenvalue weighted by atomic mass is 16.5. The predicted molar refractivity (Wildman–Crippen MR) is 114 cm³/mol. The number of ether oxygens (including phenoxy) is 1. The first-order valence-corrected chi connectivity index (χ1v) is 9.76. The normalized spacial score (nSPS) is 15.8. The van der Waals surface area contributed by atoms with Gasteiger partial charge < -0.3 is 25.6 Å². The number of nitrogens with one attached hydrogen (secondary N) is 2. The number of morpholine rings is 1. The molecule has 1 aliphatic rings. The molecule has 1 aliphatic heterocycles. The van der Waals surface area contributed by atoms with Gasteiger partial charge in [-0.1, -0.05) is 42.5 Å². The van der Waals surface area contributed by atoms with Gasteiger partial charge in [-0.25, -0.2) is 0 Å². The SMILES string of the molecule is O=c1c(NCc2ccccc2)c(Nc2cccc(C(O)N3CCOCC3)c2O)c1=O. The highest BCUT2D eigenvalue weighted by Crippen LogP contribution is 2.35. The van der Waals surface area contributed by atoms with Crippen LogP contribution in [0.15, 0.2) is 58.1 Å². The summed E-state index contributed by atoms with van der Waals surface area (Å²) in [5.74, 6) is -0.168. The molecular formula is C22H23N3O5. The lowest BCUT2D eigenvalue weighted by Gasteiger charge is -2.31. The van der Waals surface area contributed by atoms with E-state index in [4.69, 9.17) is 4.74 Å². The van der Waals surface area contributed by atoms with E-state index in [0.717, 1.165) is 5.56 Å². The summed E-state index contributed by atoms with van der Waals surface area (Å²) in [6.07, 6.45) is -1.00. The third-order valence-corrected chi connectivity index (χ3v) is 5.22. The lowest BCUT2D eigenvalue weighted by Crippen LogP contribution is -2.39. The van der Waals surface area contributed by atoms with Crippen molar-refractivity contribution < 1.29 is 14.9 Å². The minimum Gasteiger partial charge on any atom is -0.505 e. The maximum absolute atomic E-state index is 12.1.